The number of benzene rings is 1. The van der Waals surface area contributed by atoms with E-state index < -0.39 is 64.8 Å². The number of hydrogen-bond acceptors (Lipinski definition) is 12. The number of anilines is 1. The van der Waals surface area contributed by atoms with Crippen LogP contribution in [0.4, 0.5) is 18.9 Å². The van der Waals surface area contributed by atoms with Crippen molar-refractivity contribution in [1.82, 2.24) is 15.0 Å². The number of nitrogens with zero attached hydrogens (tertiary/aromatic N) is 3. The molecule has 1 aromatic heterocycles. The Labute approximate surface area is 309 Å². The van der Waals surface area contributed by atoms with E-state index in [0.29, 0.717) is 29.7 Å². The van der Waals surface area contributed by atoms with E-state index in [1.54, 1.807) is 19.0 Å². The van der Waals surface area contributed by atoms with E-state index >= 15 is 0 Å². The number of aliphatic hydroxyl groups is 2. The van der Waals surface area contributed by atoms with E-state index in [1.807, 2.05) is 13.8 Å². The van der Waals surface area contributed by atoms with E-state index in [1.165, 1.54) is 13.2 Å². The minimum atomic E-state index is -5.18. The molecule has 0 spiro atoms. The third kappa shape index (κ3) is 6.37. The van der Waals surface area contributed by atoms with Gasteiger partial charge in [0.05, 0.1) is 37.6 Å². The van der Waals surface area contributed by atoms with Gasteiger partial charge in [-0.3, -0.25) is 24.1 Å². The first-order valence-electron chi connectivity index (χ1n) is 18.2. The number of aliphatic hydroxyl groups excluding tert-OH is 1. The Morgan fingerprint density at radius 2 is 1.81 bits per heavy atom. The van der Waals surface area contributed by atoms with Crippen LogP contribution >= 0.6 is 0 Å². The fourth-order valence-corrected chi connectivity index (χ4v) is 8.27. The summed E-state index contributed by atoms with van der Waals surface area (Å²) in [6, 6.07) is -0.788. The average Bonchev–Trinajstić information content (AvgIpc) is 3.78. The maximum atomic E-state index is 14.8. The van der Waals surface area contributed by atoms with Crippen LogP contribution in [0.15, 0.2) is 21.9 Å². The van der Waals surface area contributed by atoms with Gasteiger partial charge in [-0.05, 0) is 63.7 Å². The summed E-state index contributed by atoms with van der Waals surface area (Å²) in [5.41, 5.74) is -2.74. The number of hydrogen-bond donors (Lipinski definition) is 3. The van der Waals surface area contributed by atoms with Gasteiger partial charge in [-0.1, -0.05) is 26.7 Å². The average molecular weight is 763 g/mol. The summed E-state index contributed by atoms with van der Waals surface area (Å²) < 4.78 is 63.4. The molecule has 3 N–H and O–H groups in total. The second-order valence-corrected chi connectivity index (χ2v) is 14.4. The standard InChI is InChI=1S/C37H45F3N4O10/c1-6-8-13-52-29-21(41-33(48)22-11-10-12-44(22)35(49)37(38,39)40)17-23(51-5)19-15-18-16-20-27(43(3)4)30-26(34(42-54-30)53-14-9-7-2)32(47)36(20,50)31(46)24(18)28(45)25(19)29/h17-18,20,22,27,46,50H,6-16H2,1-5H3,(H,41,48)/t18-,20-,22-,27-,36-/m0/s1. The van der Waals surface area contributed by atoms with Crippen LogP contribution in [0.1, 0.15) is 96.9 Å². The molecular formula is C37H45F3N4O10. The number of rotatable bonds is 12. The van der Waals surface area contributed by atoms with E-state index in [-0.39, 0.29) is 91.0 Å². The van der Waals surface area contributed by atoms with Gasteiger partial charge in [0, 0.05) is 29.7 Å². The molecule has 0 bridgehead atoms. The van der Waals surface area contributed by atoms with Crippen LogP contribution in [0.3, 0.4) is 0 Å². The molecule has 1 saturated heterocycles. The highest BCUT2D eigenvalue weighted by molar-refractivity contribution is 6.17. The highest BCUT2D eigenvalue weighted by atomic mass is 19.4. The predicted octanol–water partition coefficient (Wildman–Crippen LogP) is 4.95. The molecular weight excluding hydrogens is 717 g/mol. The number of methoxy groups -OCH3 is 1. The van der Waals surface area contributed by atoms with Gasteiger partial charge in [0.2, 0.25) is 11.7 Å². The molecule has 2 amide bonds. The number of halogens is 3. The van der Waals surface area contributed by atoms with Gasteiger partial charge in [0.15, 0.2) is 22.9 Å². The first-order valence-corrected chi connectivity index (χ1v) is 18.2. The Hall–Kier alpha value is -4.64. The monoisotopic (exact) mass is 762 g/mol. The van der Waals surface area contributed by atoms with Crippen molar-refractivity contribution in [3.05, 3.63) is 39.8 Å². The number of unbranched alkanes of at least 4 members (excludes halogenated alkanes) is 2. The Bertz CT molecular complexity index is 1870. The Morgan fingerprint density at radius 3 is 2.44 bits per heavy atom. The zero-order valence-corrected chi connectivity index (χ0v) is 30.8. The number of ketones is 2. The van der Waals surface area contributed by atoms with Gasteiger partial charge in [0.25, 0.3) is 5.88 Å². The molecule has 2 aromatic rings. The van der Waals surface area contributed by atoms with Gasteiger partial charge < -0.3 is 39.2 Å². The number of ether oxygens (including phenoxy) is 3. The van der Waals surface area contributed by atoms with Crippen molar-refractivity contribution in [2.75, 3.05) is 46.3 Å². The normalized spacial score (nSPS) is 24.9. The van der Waals surface area contributed by atoms with Crippen LogP contribution in [0.5, 0.6) is 17.4 Å². The quantitative estimate of drug-likeness (QED) is 0.248. The lowest BCUT2D eigenvalue weighted by Gasteiger charge is -2.49. The van der Waals surface area contributed by atoms with Crippen molar-refractivity contribution in [3.8, 4) is 17.4 Å². The minimum absolute atomic E-state index is 0.0237. The molecule has 4 aliphatic rings. The van der Waals surface area contributed by atoms with E-state index in [2.05, 4.69) is 10.5 Å². The molecule has 54 heavy (non-hydrogen) atoms. The maximum absolute atomic E-state index is 14.8. The summed E-state index contributed by atoms with van der Waals surface area (Å²) in [4.78, 5) is 57.0. The second kappa shape index (κ2) is 14.9. The van der Waals surface area contributed by atoms with E-state index in [0.717, 1.165) is 6.42 Å². The molecule has 5 atom stereocenters. The molecule has 6 rings (SSSR count). The van der Waals surface area contributed by atoms with Crippen LogP contribution < -0.4 is 19.5 Å². The molecule has 1 aliphatic heterocycles. The summed E-state index contributed by atoms with van der Waals surface area (Å²) in [5, 5.41) is 31.0. The number of carbonyl (C=O) groups is 4. The zero-order valence-electron chi connectivity index (χ0n) is 30.8. The number of nitrogens with one attached hydrogen (secondary N) is 1. The molecule has 0 radical (unpaired) electrons. The number of Topliss-reactive ketones (excluding diaryl/α,β-unsaturated/α-hetero) is 2. The SMILES string of the molecule is CCCCOc1noc2c1C(=O)[C@@]1(O)C(O)=C3C(=O)c4c(c(OC)cc(NC(=O)[C@@H]5CCCN5C(=O)C(F)(F)F)c4OCCCC)C[C@H]3C[C@H]1[C@@H]2N(C)C. The number of allylic oxidation sites excluding steroid dienone is 1. The summed E-state index contributed by atoms with van der Waals surface area (Å²) in [7, 11) is 4.80. The first-order chi connectivity index (χ1) is 25.6. The van der Waals surface area contributed by atoms with Crippen LogP contribution in [0.2, 0.25) is 0 Å². The highest BCUT2D eigenvalue weighted by Crippen LogP contribution is 2.57. The minimum Gasteiger partial charge on any atom is -0.508 e. The molecule has 294 valence electrons. The molecule has 1 fully saturated rings. The summed E-state index contributed by atoms with van der Waals surface area (Å²) in [5.74, 6) is -7.21. The Kier molecular flexibility index (Phi) is 10.8. The molecule has 0 unspecified atom stereocenters. The highest BCUT2D eigenvalue weighted by Gasteiger charge is 2.64. The van der Waals surface area contributed by atoms with Crippen molar-refractivity contribution in [2.45, 2.75) is 89.1 Å². The summed E-state index contributed by atoms with van der Waals surface area (Å²) in [6.45, 7) is 3.90. The number of aromatic nitrogens is 1. The van der Waals surface area contributed by atoms with E-state index in [4.69, 9.17) is 18.7 Å². The molecule has 0 saturated carbocycles. The second-order valence-electron chi connectivity index (χ2n) is 14.4. The number of alkyl halides is 3. The lowest BCUT2D eigenvalue weighted by molar-refractivity contribution is -0.186. The number of fused-ring (bicyclic) bond motifs is 4. The fourth-order valence-electron chi connectivity index (χ4n) is 8.27. The van der Waals surface area contributed by atoms with Gasteiger partial charge >= 0.3 is 12.1 Å². The lowest BCUT2D eigenvalue weighted by Crippen LogP contribution is -2.59. The topological polar surface area (TPSA) is 181 Å². The van der Waals surface area contributed by atoms with Crippen molar-refractivity contribution in [1.29, 1.82) is 0 Å². The van der Waals surface area contributed by atoms with Crippen molar-refractivity contribution in [2.24, 2.45) is 11.8 Å². The van der Waals surface area contributed by atoms with E-state index in [9.17, 15) is 42.6 Å². The first kappa shape index (κ1) is 39.1. The van der Waals surface area contributed by atoms with Crippen LogP contribution in [0.25, 0.3) is 0 Å². The van der Waals surface area contributed by atoms with Crippen LogP contribution in [-0.4, -0.2) is 107 Å². The van der Waals surface area contributed by atoms with Crippen molar-refractivity contribution >= 4 is 29.1 Å². The Balaban J connectivity index is 1.45. The number of amides is 2. The number of carbonyl (C=O) groups excluding carboxylic acids is 4. The van der Waals surface area contributed by atoms with Crippen molar-refractivity contribution < 1.29 is 61.3 Å². The molecule has 14 nitrogen and oxygen atoms in total. The maximum Gasteiger partial charge on any atom is 0.471 e. The molecule has 1 aromatic carbocycles. The number of likely N-dealkylation sites (tertiary alicyclic amines) is 1. The Morgan fingerprint density at radius 1 is 1.13 bits per heavy atom. The zero-order chi connectivity index (χ0) is 39.3. The summed E-state index contributed by atoms with van der Waals surface area (Å²) >= 11 is 0. The fraction of sp³-hybridized carbons (Fsp3) is 0.595. The largest absolute Gasteiger partial charge is 0.508 e. The van der Waals surface area contributed by atoms with Crippen LogP contribution in [-0.2, 0) is 16.0 Å². The van der Waals surface area contributed by atoms with Crippen molar-refractivity contribution in [3.63, 3.8) is 0 Å². The third-order valence-corrected chi connectivity index (χ3v) is 10.9. The smallest absolute Gasteiger partial charge is 0.471 e. The predicted molar refractivity (Wildman–Crippen MR) is 185 cm³/mol. The molecule has 2 heterocycles. The summed E-state index contributed by atoms with van der Waals surface area (Å²) in [6.07, 6.45) is -2.21. The van der Waals surface area contributed by atoms with Gasteiger partial charge in [-0.15, -0.1) is 0 Å². The molecule has 17 heteroatoms. The van der Waals surface area contributed by atoms with Crippen LogP contribution in [0, 0.1) is 11.8 Å². The van der Waals surface area contributed by atoms with Gasteiger partial charge in [-0.2, -0.15) is 13.2 Å². The lowest BCUT2D eigenvalue weighted by atomic mass is 9.58. The van der Waals surface area contributed by atoms with Gasteiger partial charge in [0.1, 0.15) is 23.1 Å². The third-order valence-electron chi connectivity index (χ3n) is 10.9. The molecule has 3 aliphatic carbocycles. The van der Waals surface area contributed by atoms with Gasteiger partial charge in [-0.25, -0.2) is 0 Å².